The average Bonchev–Trinajstić information content (AvgIpc) is 3.35. The van der Waals surface area contributed by atoms with E-state index in [-0.39, 0.29) is 23.7 Å². The van der Waals surface area contributed by atoms with Gasteiger partial charge in [-0.3, -0.25) is 9.59 Å². The average molecular weight is 418 g/mol. The van der Waals surface area contributed by atoms with Crippen molar-refractivity contribution in [2.24, 2.45) is 22.7 Å². The molecule has 8 nitrogen and oxygen atoms in total. The second kappa shape index (κ2) is 6.69. The summed E-state index contributed by atoms with van der Waals surface area (Å²) >= 11 is 0. The van der Waals surface area contributed by atoms with Crippen molar-refractivity contribution in [3.05, 3.63) is 0 Å². The number of carbonyl (C=O) groups excluding carboxylic acids is 2. The summed E-state index contributed by atoms with van der Waals surface area (Å²) in [6.45, 7) is 0.947. The van der Waals surface area contributed by atoms with Crippen molar-refractivity contribution in [1.29, 1.82) is 0 Å². The molecule has 4 bridgehead atoms. The second-order valence-corrected chi connectivity index (χ2v) is 10.5. The van der Waals surface area contributed by atoms with E-state index in [0.29, 0.717) is 45.2 Å². The van der Waals surface area contributed by atoms with Gasteiger partial charge in [-0.1, -0.05) is 0 Å². The number of rotatable bonds is 4. The first kappa shape index (κ1) is 19.8. The smallest absolute Gasteiger partial charge is 0.326 e. The molecule has 0 radical (unpaired) electrons. The zero-order valence-electron chi connectivity index (χ0n) is 17.2. The second-order valence-electron chi connectivity index (χ2n) is 10.5. The lowest BCUT2D eigenvalue weighted by Gasteiger charge is -2.61. The summed E-state index contributed by atoms with van der Waals surface area (Å²) in [7, 11) is 0. The van der Waals surface area contributed by atoms with Crippen molar-refractivity contribution in [3.8, 4) is 0 Å². The van der Waals surface area contributed by atoms with Crippen LogP contribution in [0.25, 0.3) is 0 Å². The largest absolute Gasteiger partial charge is 0.480 e. The molecular formula is C22H30N2O6. The van der Waals surface area contributed by atoms with Crippen LogP contribution in [-0.4, -0.2) is 68.9 Å². The van der Waals surface area contributed by atoms with Crippen LogP contribution in [0.4, 0.5) is 0 Å². The third kappa shape index (κ3) is 2.78. The standard InChI is InChI=1S/C22H30N2O6/c25-17(26)15-3-1-5-23(15)19(29)21-8-13-7-14(9-21)11-22(10-13,12-21)20(30)24-6-2-4-16(24)18(27)28/h13-16H,1-12H2,(H,25,26)(H,27,28)/t13?,14?,15-,16-,21?,22?/m1/s1. The van der Waals surface area contributed by atoms with Crippen molar-refractivity contribution in [2.75, 3.05) is 13.1 Å². The molecule has 6 aliphatic rings. The molecule has 0 unspecified atom stereocenters. The highest BCUT2D eigenvalue weighted by Gasteiger charge is 2.65. The number of hydrogen-bond donors (Lipinski definition) is 2. The fourth-order valence-corrected chi connectivity index (χ4v) is 7.91. The molecule has 0 spiro atoms. The van der Waals surface area contributed by atoms with E-state index in [1.54, 1.807) is 9.80 Å². The third-order valence-corrected chi connectivity index (χ3v) is 8.57. The molecule has 0 aromatic carbocycles. The van der Waals surface area contributed by atoms with E-state index in [0.717, 1.165) is 32.1 Å². The third-order valence-electron chi connectivity index (χ3n) is 8.57. The predicted octanol–water partition coefficient (Wildman–Crippen LogP) is 1.72. The van der Waals surface area contributed by atoms with Crippen LogP contribution in [-0.2, 0) is 19.2 Å². The Morgan fingerprint density at radius 3 is 1.47 bits per heavy atom. The lowest BCUT2D eigenvalue weighted by Crippen LogP contribution is -2.63. The van der Waals surface area contributed by atoms with Crippen LogP contribution in [0, 0.1) is 22.7 Å². The van der Waals surface area contributed by atoms with Gasteiger partial charge in [0.1, 0.15) is 12.1 Å². The molecule has 0 aromatic rings. The first-order valence-corrected chi connectivity index (χ1v) is 11.3. The molecule has 30 heavy (non-hydrogen) atoms. The topological polar surface area (TPSA) is 115 Å². The number of aliphatic carboxylic acids is 2. The quantitative estimate of drug-likeness (QED) is 0.718. The number of hydrogen-bond acceptors (Lipinski definition) is 4. The molecule has 4 aliphatic carbocycles. The Morgan fingerprint density at radius 1 is 0.700 bits per heavy atom. The van der Waals surface area contributed by atoms with Crippen molar-refractivity contribution < 1.29 is 29.4 Å². The van der Waals surface area contributed by atoms with Crippen LogP contribution >= 0.6 is 0 Å². The van der Waals surface area contributed by atoms with Gasteiger partial charge in [-0.05, 0) is 76.0 Å². The Labute approximate surface area is 175 Å². The Balaban J connectivity index is 1.45. The fraction of sp³-hybridized carbons (Fsp3) is 0.818. The maximum Gasteiger partial charge on any atom is 0.326 e. The van der Waals surface area contributed by atoms with Crippen LogP contribution in [0.15, 0.2) is 0 Å². The van der Waals surface area contributed by atoms with E-state index >= 15 is 0 Å². The van der Waals surface area contributed by atoms with E-state index in [1.807, 2.05) is 0 Å². The van der Waals surface area contributed by atoms with Gasteiger partial charge < -0.3 is 20.0 Å². The minimum absolute atomic E-state index is 0.0742. The van der Waals surface area contributed by atoms with E-state index in [4.69, 9.17) is 0 Å². The van der Waals surface area contributed by atoms with Gasteiger partial charge in [-0.2, -0.15) is 0 Å². The van der Waals surface area contributed by atoms with Gasteiger partial charge in [0.2, 0.25) is 11.8 Å². The summed E-state index contributed by atoms with van der Waals surface area (Å²) < 4.78 is 0. The molecule has 6 rings (SSSR count). The Morgan fingerprint density at radius 2 is 1.10 bits per heavy atom. The van der Waals surface area contributed by atoms with Crippen molar-refractivity contribution in [1.82, 2.24) is 9.80 Å². The molecule has 8 heteroatoms. The predicted molar refractivity (Wildman–Crippen MR) is 104 cm³/mol. The number of carboxylic acid groups (broad SMARTS) is 2. The Bertz CT molecular complexity index is 733. The van der Waals surface area contributed by atoms with Crippen molar-refractivity contribution in [3.63, 3.8) is 0 Å². The molecule has 164 valence electrons. The van der Waals surface area contributed by atoms with Gasteiger partial charge >= 0.3 is 11.9 Å². The van der Waals surface area contributed by atoms with Gasteiger partial charge in [0.25, 0.3) is 0 Å². The van der Waals surface area contributed by atoms with Crippen LogP contribution in [0.3, 0.4) is 0 Å². The van der Waals surface area contributed by atoms with Gasteiger partial charge in [-0.25, -0.2) is 9.59 Å². The minimum Gasteiger partial charge on any atom is -0.480 e. The molecule has 0 aromatic heterocycles. The zero-order valence-corrected chi connectivity index (χ0v) is 17.2. The summed E-state index contributed by atoms with van der Waals surface area (Å²) in [5.74, 6) is -1.47. The highest BCUT2D eigenvalue weighted by atomic mass is 16.4. The van der Waals surface area contributed by atoms with Crippen LogP contribution in [0.1, 0.15) is 64.2 Å². The lowest BCUT2D eigenvalue weighted by atomic mass is 9.43. The summed E-state index contributed by atoms with van der Waals surface area (Å²) in [4.78, 5) is 53.9. The minimum atomic E-state index is -0.947. The summed E-state index contributed by atoms with van der Waals surface area (Å²) in [6.07, 6.45) is 6.80. The van der Waals surface area contributed by atoms with Crippen molar-refractivity contribution in [2.45, 2.75) is 76.3 Å². The maximum atomic E-state index is 13.7. The van der Waals surface area contributed by atoms with E-state index in [9.17, 15) is 29.4 Å². The molecule has 2 amide bonds. The maximum absolute atomic E-state index is 13.7. The van der Waals surface area contributed by atoms with Gasteiger partial charge in [0, 0.05) is 13.1 Å². The SMILES string of the molecule is O=C(O)[C@H]1CCCN1C(=O)C12CC3CC(C1)CC(C(=O)N1CCC[C@@H]1C(=O)O)(C3)C2. The molecule has 2 aliphatic heterocycles. The molecule has 4 saturated carbocycles. The Kier molecular flexibility index (Phi) is 4.42. The molecule has 6 fully saturated rings. The van der Waals surface area contributed by atoms with E-state index < -0.39 is 34.9 Å². The first-order valence-electron chi connectivity index (χ1n) is 11.3. The number of likely N-dealkylation sites (tertiary alicyclic amines) is 2. The number of amides is 2. The van der Waals surface area contributed by atoms with Gasteiger partial charge in [0.15, 0.2) is 0 Å². The lowest BCUT2D eigenvalue weighted by molar-refractivity contribution is -0.183. The Hall–Kier alpha value is -2.12. The van der Waals surface area contributed by atoms with Crippen LogP contribution in [0.5, 0.6) is 0 Å². The van der Waals surface area contributed by atoms with Gasteiger partial charge in [-0.15, -0.1) is 0 Å². The summed E-state index contributed by atoms with van der Waals surface area (Å²) in [5, 5.41) is 19.1. The normalized spacial score (nSPS) is 42.0. The molecular weight excluding hydrogens is 388 g/mol. The zero-order chi connectivity index (χ0) is 21.3. The summed E-state index contributed by atoms with van der Waals surface area (Å²) in [6, 6.07) is -1.51. The number of nitrogens with zero attached hydrogens (tertiary/aromatic N) is 2. The number of carboxylic acids is 2. The first-order chi connectivity index (χ1) is 14.2. The molecule has 2 atom stereocenters. The van der Waals surface area contributed by atoms with Gasteiger partial charge in [0.05, 0.1) is 10.8 Å². The highest BCUT2D eigenvalue weighted by molar-refractivity contribution is 5.92. The van der Waals surface area contributed by atoms with Crippen LogP contribution in [0.2, 0.25) is 0 Å². The monoisotopic (exact) mass is 418 g/mol. The van der Waals surface area contributed by atoms with Crippen molar-refractivity contribution >= 4 is 23.8 Å². The molecule has 2 N–H and O–H groups in total. The number of carbonyl (C=O) groups is 4. The van der Waals surface area contributed by atoms with E-state index in [2.05, 4.69) is 0 Å². The fourth-order valence-electron chi connectivity index (χ4n) is 7.91. The van der Waals surface area contributed by atoms with E-state index in [1.165, 1.54) is 0 Å². The molecule has 2 heterocycles. The molecule has 2 saturated heterocycles. The highest BCUT2D eigenvalue weighted by Crippen LogP contribution is 2.66. The summed E-state index contributed by atoms with van der Waals surface area (Å²) in [5.41, 5.74) is -1.31. The van der Waals surface area contributed by atoms with Crippen LogP contribution < -0.4 is 0 Å².